The Morgan fingerprint density at radius 2 is 1.71 bits per heavy atom. The first kappa shape index (κ1) is 22.3. The maximum Gasteiger partial charge on any atom is 0.414 e. The molecule has 1 rings (SSSR count). The summed E-state index contributed by atoms with van der Waals surface area (Å²) < 4.78 is 5.23. The summed E-state index contributed by atoms with van der Waals surface area (Å²) in [5, 5.41) is 20.9. The minimum Gasteiger partial charge on any atom is -0.473 e. The smallest absolute Gasteiger partial charge is 0.414 e. The predicted octanol–water partition coefficient (Wildman–Crippen LogP) is 0.855. The molecule has 0 aromatic carbocycles. The molecule has 0 atom stereocenters. The van der Waals surface area contributed by atoms with E-state index in [0.717, 1.165) is 32.7 Å². The number of hydrogen-bond donors (Lipinski definition) is 4. The lowest BCUT2D eigenvalue weighted by atomic mass is 9.89. The van der Waals surface area contributed by atoms with Crippen molar-refractivity contribution in [2.24, 2.45) is 5.92 Å². The first-order valence-electron chi connectivity index (χ1n) is 8.48. The molecule has 0 aromatic rings. The van der Waals surface area contributed by atoms with Gasteiger partial charge in [-0.25, -0.2) is 9.59 Å². The number of carbonyl (C=O) groups is 3. The van der Waals surface area contributed by atoms with Crippen molar-refractivity contribution in [1.29, 1.82) is 0 Å². The molecule has 8 heteroatoms. The summed E-state index contributed by atoms with van der Waals surface area (Å²) in [6.45, 7) is 5.66. The zero-order valence-corrected chi connectivity index (χ0v) is 14.4. The number of aliphatic carboxylic acids is 2. The maximum atomic E-state index is 11.6. The highest BCUT2D eigenvalue weighted by Crippen LogP contribution is 2.22. The first-order chi connectivity index (χ1) is 11.5. The lowest BCUT2D eigenvalue weighted by Crippen LogP contribution is -2.37. The van der Waals surface area contributed by atoms with Crippen molar-refractivity contribution >= 4 is 17.8 Å². The summed E-state index contributed by atoms with van der Waals surface area (Å²) in [5.74, 6) is -2.82. The molecule has 1 saturated carbocycles. The van der Waals surface area contributed by atoms with Crippen LogP contribution < -0.4 is 10.6 Å². The monoisotopic (exact) mass is 346 g/mol. The van der Waals surface area contributed by atoms with Crippen molar-refractivity contribution in [1.82, 2.24) is 10.6 Å². The average Bonchev–Trinajstić information content (AvgIpc) is 2.57. The number of ether oxygens (including phenoxy) is 1. The molecule has 1 amide bonds. The molecule has 0 aliphatic heterocycles. The zero-order chi connectivity index (χ0) is 18.2. The van der Waals surface area contributed by atoms with E-state index in [4.69, 9.17) is 24.5 Å². The van der Waals surface area contributed by atoms with Crippen molar-refractivity contribution in [2.45, 2.75) is 45.4 Å². The van der Waals surface area contributed by atoms with E-state index in [9.17, 15) is 4.79 Å². The van der Waals surface area contributed by atoms with Gasteiger partial charge in [0.25, 0.3) is 0 Å². The number of carboxylic acid groups (broad SMARTS) is 2. The first-order valence-corrected chi connectivity index (χ1v) is 8.48. The third-order valence-electron chi connectivity index (χ3n) is 3.63. The van der Waals surface area contributed by atoms with Gasteiger partial charge in [-0.05, 0) is 38.6 Å². The van der Waals surface area contributed by atoms with Crippen LogP contribution in [0.25, 0.3) is 0 Å². The predicted molar refractivity (Wildman–Crippen MR) is 88.8 cm³/mol. The van der Waals surface area contributed by atoms with Crippen LogP contribution in [0.5, 0.6) is 0 Å². The van der Waals surface area contributed by atoms with E-state index in [0.29, 0.717) is 12.5 Å². The van der Waals surface area contributed by atoms with E-state index in [2.05, 4.69) is 10.6 Å². The fourth-order valence-corrected chi connectivity index (χ4v) is 2.36. The van der Waals surface area contributed by atoms with Gasteiger partial charge in [0.05, 0.1) is 6.54 Å². The lowest BCUT2D eigenvalue weighted by molar-refractivity contribution is -0.159. The highest BCUT2D eigenvalue weighted by Gasteiger charge is 2.13. The van der Waals surface area contributed by atoms with Gasteiger partial charge in [-0.15, -0.1) is 0 Å². The Morgan fingerprint density at radius 3 is 2.25 bits per heavy atom. The summed E-state index contributed by atoms with van der Waals surface area (Å²) in [5.41, 5.74) is 0. The molecule has 1 aliphatic carbocycles. The minimum absolute atomic E-state index is 0.122. The topological polar surface area (TPSA) is 125 Å². The molecule has 0 radical (unpaired) electrons. The van der Waals surface area contributed by atoms with Crippen molar-refractivity contribution in [3.63, 3.8) is 0 Å². The van der Waals surface area contributed by atoms with Gasteiger partial charge in [-0.1, -0.05) is 19.3 Å². The molecule has 4 N–H and O–H groups in total. The van der Waals surface area contributed by atoms with Crippen molar-refractivity contribution < 1.29 is 29.3 Å². The van der Waals surface area contributed by atoms with Crippen LogP contribution in [0, 0.1) is 5.92 Å². The number of amides is 1. The Kier molecular flexibility index (Phi) is 13.9. The Morgan fingerprint density at radius 1 is 1.08 bits per heavy atom. The molecule has 0 bridgehead atoms. The highest BCUT2D eigenvalue weighted by atomic mass is 16.5. The van der Waals surface area contributed by atoms with Gasteiger partial charge in [0.15, 0.2) is 0 Å². The molecule has 0 spiro atoms. The molecule has 140 valence electrons. The van der Waals surface area contributed by atoms with Crippen molar-refractivity contribution in [2.75, 3.05) is 32.8 Å². The second-order valence-electron chi connectivity index (χ2n) is 5.65. The molecule has 8 nitrogen and oxygen atoms in total. The van der Waals surface area contributed by atoms with E-state index in [1.54, 1.807) is 0 Å². The number of carboxylic acids is 2. The van der Waals surface area contributed by atoms with Crippen LogP contribution >= 0.6 is 0 Å². The van der Waals surface area contributed by atoms with Gasteiger partial charge >= 0.3 is 11.9 Å². The molecular formula is C16H30N2O6. The molecule has 24 heavy (non-hydrogen) atoms. The highest BCUT2D eigenvalue weighted by molar-refractivity contribution is 6.27. The fraction of sp³-hybridized carbons (Fsp3) is 0.812. The minimum atomic E-state index is -1.82. The molecule has 0 aromatic heterocycles. The quantitative estimate of drug-likeness (QED) is 0.360. The van der Waals surface area contributed by atoms with Crippen LogP contribution in [0.2, 0.25) is 0 Å². The normalized spacial score (nSPS) is 14.4. The van der Waals surface area contributed by atoms with Crippen LogP contribution in [0.3, 0.4) is 0 Å². The summed E-state index contributed by atoms with van der Waals surface area (Å²) in [4.78, 5) is 29.8. The molecule has 0 unspecified atom stereocenters. The Labute approximate surface area is 142 Å². The average molecular weight is 346 g/mol. The van der Waals surface area contributed by atoms with E-state index in [1.807, 2.05) is 6.92 Å². The Hall–Kier alpha value is -1.67. The van der Waals surface area contributed by atoms with Gasteiger partial charge in [0.1, 0.15) is 0 Å². The largest absolute Gasteiger partial charge is 0.473 e. The van der Waals surface area contributed by atoms with Crippen molar-refractivity contribution in [3.8, 4) is 0 Å². The molecule has 0 saturated heterocycles. The molecular weight excluding hydrogens is 316 g/mol. The number of nitrogens with one attached hydrogen (secondary N) is 2. The van der Waals surface area contributed by atoms with Gasteiger partial charge in [-0.2, -0.15) is 0 Å². The number of carbonyl (C=O) groups excluding carboxylic acids is 1. The van der Waals surface area contributed by atoms with E-state index < -0.39 is 11.9 Å². The van der Waals surface area contributed by atoms with Crippen LogP contribution in [0.4, 0.5) is 0 Å². The second kappa shape index (κ2) is 14.9. The van der Waals surface area contributed by atoms with Gasteiger partial charge < -0.3 is 25.6 Å². The lowest BCUT2D eigenvalue weighted by Gasteiger charge is -2.21. The van der Waals surface area contributed by atoms with Gasteiger partial charge in [-0.3, -0.25) is 4.79 Å². The van der Waals surface area contributed by atoms with Crippen LogP contribution in [-0.2, 0) is 19.1 Å². The Bertz CT molecular complexity index is 358. The summed E-state index contributed by atoms with van der Waals surface area (Å²) in [6, 6.07) is 0. The van der Waals surface area contributed by atoms with Gasteiger partial charge in [0, 0.05) is 19.8 Å². The van der Waals surface area contributed by atoms with E-state index in [1.165, 1.54) is 32.1 Å². The summed E-state index contributed by atoms with van der Waals surface area (Å²) in [6.07, 6.45) is 7.55. The third kappa shape index (κ3) is 14.0. The number of rotatable bonds is 9. The van der Waals surface area contributed by atoms with Crippen LogP contribution in [0.1, 0.15) is 45.4 Å². The van der Waals surface area contributed by atoms with E-state index >= 15 is 0 Å². The fourth-order valence-electron chi connectivity index (χ4n) is 2.36. The SMILES string of the molecule is CCOCCCNCC(=O)NCC1CCCCC1.O=C(O)C(=O)O. The number of hydrogen-bond acceptors (Lipinski definition) is 5. The standard InChI is InChI=1S/C14H28N2O2.C2H2O4/c1-2-18-10-6-9-15-12-14(17)16-11-13-7-4-3-5-8-13;3-1(4)2(5)6/h13,15H,2-12H2,1H3,(H,16,17);(H,3,4)(H,5,6). The van der Waals surface area contributed by atoms with E-state index in [-0.39, 0.29) is 5.91 Å². The Balaban J connectivity index is 0.000000754. The molecule has 0 heterocycles. The second-order valence-corrected chi connectivity index (χ2v) is 5.65. The zero-order valence-electron chi connectivity index (χ0n) is 14.4. The van der Waals surface area contributed by atoms with Crippen molar-refractivity contribution in [3.05, 3.63) is 0 Å². The molecule has 1 aliphatic rings. The van der Waals surface area contributed by atoms with Crippen LogP contribution in [-0.4, -0.2) is 60.9 Å². The summed E-state index contributed by atoms with van der Waals surface area (Å²) >= 11 is 0. The third-order valence-corrected chi connectivity index (χ3v) is 3.63. The van der Waals surface area contributed by atoms with Crippen LogP contribution in [0.15, 0.2) is 0 Å². The van der Waals surface area contributed by atoms with Gasteiger partial charge in [0.2, 0.25) is 5.91 Å². The maximum absolute atomic E-state index is 11.6. The molecule has 1 fully saturated rings. The summed E-state index contributed by atoms with van der Waals surface area (Å²) in [7, 11) is 0.